The molecule has 0 saturated carbocycles. The first-order valence-corrected chi connectivity index (χ1v) is 9.13. The van der Waals surface area contributed by atoms with Crippen molar-refractivity contribution < 1.29 is 14.2 Å². The monoisotopic (exact) mass is 502 g/mol. The third kappa shape index (κ3) is 7.14. The molecule has 156 valence electrons. The lowest BCUT2D eigenvalue weighted by Crippen LogP contribution is -2.39. The number of rotatable bonds is 10. The Morgan fingerprint density at radius 2 is 1.64 bits per heavy atom. The molecule has 0 atom stereocenters. The van der Waals surface area contributed by atoms with Crippen LogP contribution in [-0.4, -0.2) is 51.5 Å². The van der Waals surface area contributed by atoms with E-state index >= 15 is 0 Å². The van der Waals surface area contributed by atoms with Gasteiger partial charge in [-0.3, -0.25) is 4.99 Å². The predicted octanol–water partition coefficient (Wildman–Crippen LogP) is 2.93. The SMILES string of the molecule is CCNC(=NCCc1c(OC)cc(OC)cc1OC)NCCn1cccc1.I. The van der Waals surface area contributed by atoms with Crippen LogP contribution in [0.1, 0.15) is 12.5 Å². The van der Waals surface area contributed by atoms with Crippen LogP contribution in [0.3, 0.4) is 0 Å². The van der Waals surface area contributed by atoms with Gasteiger partial charge in [0.15, 0.2) is 5.96 Å². The molecule has 1 heterocycles. The first kappa shape index (κ1) is 23.9. The number of aromatic nitrogens is 1. The van der Waals surface area contributed by atoms with Gasteiger partial charge in [0.25, 0.3) is 0 Å². The minimum absolute atomic E-state index is 0. The average molecular weight is 502 g/mol. The zero-order chi connectivity index (χ0) is 19.5. The molecule has 2 N–H and O–H groups in total. The van der Waals surface area contributed by atoms with Gasteiger partial charge in [-0.2, -0.15) is 0 Å². The van der Waals surface area contributed by atoms with Gasteiger partial charge < -0.3 is 29.4 Å². The van der Waals surface area contributed by atoms with Crippen LogP contribution in [0.2, 0.25) is 0 Å². The lowest BCUT2D eigenvalue weighted by atomic mass is 10.1. The highest BCUT2D eigenvalue weighted by molar-refractivity contribution is 14.0. The predicted molar refractivity (Wildman–Crippen MR) is 124 cm³/mol. The zero-order valence-corrected chi connectivity index (χ0v) is 19.4. The maximum Gasteiger partial charge on any atom is 0.191 e. The van der Waals surface area contributed by atoms with Gasteiger partial charge in [-0.15, -0.1) is 24.0 Å². The normalized spacial score (nSPS) is 10.8. The Labute approximate surface area is 184 Å². The number of halogens is 1. The summed E-state index contributed by atoms with van der Waals surface area (Å²) in [7, 11) is 4.92. The largest absolute Gasteiger partial charge is 0.496 e. The molecule has 8 heteroatoms. The summed E-state index contributed by atoms with van der Waals surface area (Å²) in [6, 6.07) is 7.77. The second-order valence-electron chi connectivity index (χ2n) is 5.87. The summed E-state index contributed by atoms with van der Waals surface area (Å²) in [6.07, 6.45) is 4.80. The van der Waals surface area contributed by atoms with Gasteiger partial charge in [-0.05, 0) is 25.5 Å². The Kier molecular flexibility index (Phi) is 11.2. The third-order valence-electron chi connectivity index (χ3n) is 4.12. The Bertz CT molecular complexity index is 695. The molecule has 0 aliphatic carbocycles. The van der Waals surface area contributed by atoms with Crippen molar-refractivity contribution in [3.63, 3.8) is 0 Å². The van der Waals surface area contributed by atoms with Crippen LogP contribution in [-0.2, 0) is 13.0 Å². The third-order valence-corrected chi connectivity index (χ3v) is 4.12. The Morgan fingerprint density at radius 3 is 2.18 bits per heavy atom. The highest BCUT2D eigenvalue weighted by Crippen LogP contribution is 2.34. The standard InChI is InChI=1S/C20H30N4O3.HI/c1-5-21-20(23-10-13-24-11-6-7-12-24)22-9-8-17-18(26-3)14-16(25-2)15-19(17)27-4;/h6-7,11-12,14-15H,5,8-10,13H2,1-4H3,(H2,21,22,23);1H. The smallest absolute Gasteiger partial charge is 0.191 e. The molecular weight excluding hydrogens is 471 g/mol. The van der Waals surface area contributed by atoms with E-state index in [0.717, 1.165) is 42.7 Å². The summed E-state index contributed by atoms with van der Waals surface area (Å²) >= 11 is 0. The van der Waals surface area contributed by atoms with Gasteiger partial charge in [0.05, 0.1) is 21.3 Å². The van der Waals surface area contributed by atoms with Crippen LogP contribution >= 0.6 is 24.0 Å². The van der Waals surface area contributed by atoms with Gasteiger partial charge in [0, 0.05) is 56.3 Å². The van der Waals surface area contributed by atoms with Gasteiger partial charge in [-0.1, -0.05) is 0 Å². The molecule has 0 fully saturated rings. The lowest BCUT2D eigenvalue weighted by molar-refractivity contribution is 0.369. The maximum atomic E-state index is 5.50. The van der Waals surface area contributed by atoms with Crippen molar-refractivity contribution in [2.45, 2.75) is 19.9 Å². The van der Waals surface area contributed by atoms with Gasteiger partial charge in [0.1, 0.15) is 17.2 Å². The number of ether oxygens (including phenoxy) is 3. The molecule has 0 unspecified atom stereocenters. The Morgan fingerprint density at radius 1 is 1.00 bits per heavy atom. The molecule has 2 aromatic rings. The summed E-state index contributed by atoms with van der Waals surface area (Å²) in [5, 5.41) is 6.63. The van der Waals surface area contributed by atoms with E-state index < -0.39 is 0 Å². The van der Waals surface area contributed by atoms with E-state index in [-0.39, 0.29) is 24.0 Å². The van der Waals surface area contributed by atoms with Crippen LogP contribution in [0.4, 0.5) is 0 Å². The maximum absolute atomic E-state index is 5.50. The van der Waals surface area contributed by atoms with Crippen LogP contribution in [0.25, 0.3) is 0 Å². The number of nitrogens with one attached hydrogen (secondary N) is 2. The number of hydrogen-bond acceptors (Lipinski definition) is 4. The van der Waals surface area contributed by atoms with Crippen molar-refractivity contribution >= 4 is 29.9 Å². The van der Waals surface area contributed by atoms with E-state index in [1.807, 2.05) is 36.7 Å². The Hall–Kier alpha value is -2.10. The van der Waals surface area contributed by atoms with Crippen molar-refractivity contribution in [3.8, 4) is 17.2 Å². The molecule has 28 heavy (non-hydrogen) atoms. The van der Waals surface area contributed by atoms with Crippen molar-refractivity contribution in [1.29, 1.82) is 0 Å². The van der Waals surface area contributed by atoms with Crippen molar-refractivity contribution in [3.05, 3.63) is 42.2 Å². The van der Waals surface area contributed by atoms with E-state index in [4.69, 9.17) is 14.2 Å². The van der Waals surface area contributed by atoms with Crippen LogP contribution in [0.15, 0.2) is 41.7 Å². The first-order chi connectivity index (χ1) is 13.2. The number of guanidine groups is 1. The van der Waals surface area contributed by atoms with E-state index in [1.165, 1.54) is 0 Å². The van der Waals surface area contributed by atoms with Gasteiger partial charge in [0.2, 0.25) is 0 Å². The molecule has 0 aliphatic heterocycles. The zero-order valence-electron chi connectivity index (χ0n) is 17.0. The number of aliphatic imine (C=N–C) groups is 1. The van der Waals surface area contributed by atoms with Crippen LogP contribution in [0, 0.1) is 0 Å². The van der Waals surface area contributed by atoms with E-state index in [1.54, 1.807) is 21.3 Å². The molecule has 0 saturated heterocycles. The number of hydrogen-bond donors (Lipinski definition) is 2. The van der Waals surface area contributed by atoms with Crippen molar-refractivity contribution in [2.24, 2.45) is 4.99 Å². The average Bonchev–Trinajstić information content (AvgIpc) is 3.21. The van der Waals surface area contributed by atoms with E-state index in [0.29, 0.717) is 18.7 Å². The van der Waals surface area contributed by atoms with Crippen LogP contribution in [0.5, 0.6) is 17.2 Å². The molecule has 2 rings (SSSR count). The first-order valence-electron chi connectivity index (χ1n) is 9.13. The molecule has 0 aliphatic rings. The number of methoxy groups -OCH3 is 3. The van der Waals surface area contributed by atoms with E-state index in [2.05, 4.69) is 27.1 Å². The molecule has 0 radical (unpaired) electrons. The van der Waals surface area contributed by atoms with Crippen LogP contribution < -0.4 is 24.8 Å². The minimum Gasteiger partial charge on any atom is -0.496 e. The number of nitrogens with zero attached hydrogens (tertiary/aromatic N) is 2. The summed E-state index contributed by atoms with van der Waals surface area (Å²) in [4.78, 5) is 4.66. The quantitative estimate of drug-likeness (QED) is 0.297. The van der Waals surface area contributed by atoms with E-state index in [9.17, 15) is 0 Å². The molecule has 0 bridgehead atoms. The lowest BCUT2D eigenvalue weighted by Gasteiger charge is -2.15. The van der Waals surface area contributed by atoms with Crippen molar-refractivity contribution in [1.82, 2.24) is 15.2 Å². The minimum atomic E-state index is 0. The Balaban J connectivity index is 0.00000392. The fourth-order valence-electron chi connectivity index (χ4n) is 2.77. The summed E-state index contributed by atoms with van der Waals surface area (Å²) in [5.41, 5.74) is 0.979. The fraction of sp³-hybridized carbons (Fsp3) is 0.450. The molecule has 1 aromatic carbocycles. The second-order valence-corrected chi connectivity index (χ2v) is 5.87. The second kappa shape index (κ2) is 13.1. The highest BCUT2D eigenvalue weighted by Gasteiger charge is 2.13. The highest BCUT2D eigenvalue weighted by atomic mass is 127. The van der Waals surface area contributed by atoms with Gasteiger partial charge >= 0.3 is 0 Å². The molecule has 0 spiro atoms. The summed E-state index contributed by atoms with van der Waals surface area (Å²) in [5.74, 6) is 2.99. The summed E-state index contributed by atoms with van der Waals surface area (Å²) < 4.78 is 18.4. The molecule has 1 aromatic heterocycles. The topological polar surface area (TPSA) is 69.0 Å². The van der Waals surface area contributed by atoms with Gasteiger partial charge in [-0.25, -0.2) is 0 Å². The number of benzene rings is 1. The molecular formula is C20H31IN4O3. The molecule has 7 nitrogen and oxygen atoms in total. The summed E-state index contributed by atoms with van der Waals surface area (Å²) in [6.45, 7) is 5.16. The fourth-order valence-corrected chi connectivity index (χ4v) is 2.77. The molecule has 0 amide bonds. The van der Waals surface area contributed by atoms with Crippen molar-refractivity contribution in [2.75, 3.05) is 41.0 Å².